The molecule has 0 aromatic carbocycles. The van der Waals surface area contributed by atoms with E-state index < -0.39 is 5.78 Å². The van der Waals surface area contributed by atoms with Gasteiger partial charge in [-0.15, -0.1) is 11.3 Å². The van der Waals surface area contributed by atoms with Crippen molar-refractivity contribution in [1.29, 1.82) is 0 Å². The van der Waals surface area contributed by atoms with Crippen molar-refractivity contribution in [2.45, 2.75) is 13.8 Å². The number of aryl methyl sites for hydroxylation is 2. The van der Waals surface area contributed by atoms with Gasteiger partial charge in [0.05, 0.1) is 0 Å². The standard InChI is InChI=1S/C8H8O2S/c1-5-3-7(6(2)11-5)8(10)4-9/h3-4H,1-2H3. The maximum absolute atomic E-state index is 10.9. The van der Waals surface area contributed by atoms with E-state index in [-0.39, 0.29) is 0 Å². The van der Waals surface area contributed by atoms with Crippen LogP contribution >= 0.6 is 11.3 Å². The van der Waals surface area contributed by atoms with Crippen molar-refractivity contribution < 1.29 is 9.59 Å². The van der Waals surface area contributed by atoms with Crippen LogP contribution in [0.4, 0.5) is 0 Å². The van der Waals surface area contributed by atoms with Gasteiger partial charge in [0.1, 0.15) is 0 Å². The van der Waals surface area contributed by atoms with E-state index in [0.29, 0.717) is 11.8 Å². The molecule has 0 spiro atoms. The van der Waals surface area contributed by atoms with Gasteiger partial charge in [-0.2, -0.15) is 0 Å². The summed E-state index contributed by atoms with van der Waals surface area (Å²) >= 11 is 1.53. The summed E-state index contributed by atoms with van der Waals surface area (Å²) in [6.07, 6.45) is 0.356. The minimum atomic E-state index is -0.424. The van der Waals surface area contributed by atoms with E-state index in [1.54, 1.807) is 6.07 Å². The summed E-state index contributed by atoms with van der Waals surface area (Å²) in [6, 6.07) is 1.75. The number of carbonyl (C=O) groups is 2. The van der Waals surface area contributed by atoms with Crippen LogP contribution in [0.5, 0.6) is 0 Å². The molecule has 11 heavy (non-hydrogen) atoms. The maximum atomic E-state index is 10.9. The Labute approximate surface area is 68.9 Å². The molecule has 58 valence electrons. The second-order valence-electron chi connectivity index (χ2n) is 2.31. The molecule has 0 aliphatic carbocycles. The first kappa shape index (κ1) is 8.14. The van der Waals surface area contributed by atoms with E-state index in [0.717, 1.165) is 9.75 Å². The number of ketones is 1. The van der Waals surface area contributed by atoms with E-state index in [4.69, 9.17) is 0 Å². The summed E-state index contributed by atoms with van der Waals surface area (Å²) in [6.45, 7) is 3.76. The number of hydrogen-bond acceptors (Lipinski definition) is 3. The van der Waals surface area contributed by atoms with Crippen LogP contribution in [0.25, 0.3) is 0 Å². The third-order valence-corrected chi connectivity index (χ3v) is 2.38. The van der Waals surface area contributed by atoms with Crippen molar-refractivity contribution in [3.63, 3.8) is 0 Å². The van der Waals surface area contributed by atoms with Crippen LogP contribution in [0, 0.1) is 13.8 Å². The fourth-order valence-electron chi connectivity index (χ4n) is 0.939. The molecule has 0 aliphatic rings. The second kappa shape index (κ2) is 2.96. The van der Waals surface area contributed by atoms with Crippen LogP contribution in [-0.4, -0.2) is 12.1 Å². The molecule has 0 aliphatic heterocycles. The Morgan fingerprint density at radius 1 is 1.55 bits per heavy atom. The second-order valence-corrected chi connectivity index (χ2v) is 3.77. The van der Waals surface area contributed by atoms with E-state index >= 15 is 0 Å². The number of Topliss-reactive ketones (excluding diaryl/α,β-unsaturated/α-hetero) is 1. The first-order valence-corrected chi connectivity index (χ1v) is 4.03. The van der Waals surface area contributed by atoms with Crippen LogP contribution in [-0.2, 0) is 4.79 Å². The fraction of sp³-hybridized carbons (Fsp3) is 0.250. The van der Waals surface area contributed by atoms with E-state index in [1.807, 2.05) is 13.8 Å². The molecular weight excluding hydrogens is 160 g/mol. The Bertz CT molecular complexity index is 299. The summed E-state index contributed by atoms with van der Waals surface area (Å²) in [7, 11) is 0. The highest BCUT2D eigenvalue weighted by atomic mass is 32.1. The largest absolute Gasteiger partial charge is 0.294 e. The smallest absolute Gasteiger partial charge is 0.226 e. The fourth-order valence-corrected chi connectivity index (χ4v) is 1.87. The molecule has 0 unspecified atom stereocenters. The van der Waals surface area contributed by atoms with E-state index in [1.165, 1.54) is 11.3 Å². The van der Waals surface area contributed by atoms with E-state index in [9.17, 15) is 9.59 Å². The molecule has 3 heteroatoms. The lowest BCUT2D eigenvalue weighted by atomic mass is 10.2. The topological polar surface area (TPSA) is 34.1 Å². The number of rotatable bonds is 2. The number of thiophene rings is 1. The minimum Gasteiger partial charge on any atom is -0.294 e. The zero-order chi connectivity index (χ0) is 8.43. The number of hydrogen-bond donors (Lipinski definition) is 0. The lowest BCUT2D eigenvalue weighted by Crippen LogP contribution is -1.98. The quantitative estimate of drug-likeness (QED) is 0.383. The van der Waals surface area contributed by atoms with E-state index in [2.05, 4.69) is 0 Å². The van der Waals surface area contributed by atoms with Crippen LogP contribution in [0.3, 0.4) is 0 Å². The van der Waals surface area contributed by atoms with Gasteiger partial charge >= 0.3 is 0 Å². The third kappa shape index (κ3) is 1.54. The van der Waals surface area contributed by atoms with Crippen molar-refractivity contribution in [3.05, 3.63) is 21.4 Å². The van der Waals surface area contributed by atoms with Crippen LogP contribution in [0.1, 0.15) is 20.1 Å². The summed E-state index contributed by atoms with van der Waals surface area (Å²) in [4.78, 5) is 23.0. The zero-order valence-electron chi connectivity index (χ0n) is 6.38. The van der Waals surface area contributed by atoms with Gasteiger partial charge in [-0.05, 0) is 19.9 Å². The third-order valence-electron chi connectivity index (χ3n) is 1.41. The van der Waals surface area contributed by atoms with Crippen LogP contribution in [0.15, 0.2) is 6.07 Å². The predicted octanol–water partition coefficient (Wildman–Crippen LogP) is 1.75. The summed E-state index contributed by atoms with van der Waals surface area (Å²) in [5, 5.41) is 0. The molecule has 1 heterocycles. The monoisotopic (exact) mass is 168 g/mol. The Balaban J connectivity index is 3.12. The van der Waals surface area contributed by atoms with Crippen molar-refractivity contribution >= 4 is 23.4 Å². The molecule has 1 rings (SSSR count). The first-order chi connectivity index (χ1) is 5.15. The summed E-state index contributed by atoms with van der Waals surface area (Å²) in [5.74, 6) is -0.424. The van der Waals surface area contributed by atoms with Gasteiger partial charge in [0.15, 0.2) is 6.29 Å². The molecule has 0 radical (unpaired) electrons. The highest BCUT2D eigenvalue weighted by molar-refractivity contribution is 7.12. The highest BCUT2D eigenvalue weighted by Crippen LogP contribution is 2.20. The van der Waals surface area contributed by atoms with Crippen LogP contribution < -0.4 is 0 Å². The maximum Gasteiger partial charge on any atom is 0.226 e. The predicted molar refractivity (Wildman–Crippen MR) is 44.2 cm³/mol. The molecular formula is C8H8O2S. The summed E-state index contributed by atoms with van der Waals surface area (Å²) in [5.41, 5.74) is 0.544. The number of carbonyl (C=O) groups excluding carboxylic acids is 2. The molecule has 0 saturated heterocycles. The molecule has 1 aromatic heterocycles. The number of aldehydes is 1. The van der Waals surface area contributed by atoms with Gasteiger partial charge in [0.25, 0.3) is 0 Å². The average molecular weight is 168 g/mol. The Morgan fingerprint density at radius 2 is 2.18 bits per heavy atom. The lowest BCUT2D eigenvalue weighted by Gasteiger charge is -1.86. The molecule has 0 bridgehead atoms. The van der Waals surface area contributed by atoms with Gasteiger partial charge < -0.3 is 0 Å². The van der Waals surface area contributed by atoms with Gasteiger partial charge in [0.2, 0.25) is 5.78 Å². The average Bonchev–Trinajstić information content (AvgIpc) is 2.28. The Hall–Kier alpha value is -0.960. The lowest BCUT2D eigenvalue weighted by molar-refractivity contribution is -0.104. The Morgan fingerprint density at radius 3 is 2.55 bits per heavy atom. The Kier molecular flexibility index (Phi) is 2.19. The normalized spacial score (nSPS) is 9.64. The molecule has 0 fully saturated rings. The molecule has 2 nitrogen and oxygen atoms in total. The van der Waals surface area contributed by atoms with Crippen molar-refractivity contribution in [2.75, 3.05) is 0 Å². The summed E-state index contributed by atoms with van der Waals surface area (Å²) < 4.78 is 0. The molecule has 1 aromatic rings. The molecule has 0 saturated carbocycles. The molecule has 0 amide bonds. The minimum absolute atomic E-state index is 0.356. The molecule has 0 N–H and O–H groups in total. The van der Waals surface area contributed by atoms with Crippen molar-refractivity contribution in [1.82, 2.24) is 0 Å². The SMILES string of the molecule is Cc1cc(C(=O)C=O)c(C)s1. The van der Waals surface area contributed by atoms with Gasteiger partial charge in [-0.25, -0.2) is 0 Å². The van der Waals surface area contributed by atoms with Gasteiger partial charge in [-0.1, -0.05) is 0 Å². The van der Waals surface area contributed by atoms with Gasteiger partial charge in [-0.3, -0.25) is 9.59 Å². The van der Waals surface area contributed by atoms with Crippen LogP contribution in [0.2, 0.25) is 0 Å². The highest BCUT2D eigenvalue weighted by Gasteiger charge is 2.09. The first-order valence-electron chi connectivity index (χ1n) is 3.21. The molecule has 0 atom stereocenters. The van der Waals surface area contributed by atoms with Crippen molar-refractivity contribution in [2.24, 2.45) is 0 Å². The van der Waals surface area contributed by atoms with Gasteiger partial charge in [0, 0.05) is 15.3 Å². The van der Waals surface area contributed by atoms with Crippen molar-refractivity contribution in [3.8, 4) is 0 Å². The zero-order valence-corrected chi connectivity index (χ0v) is 7.20.